The van der Waals surface area contributed by atoms with E-state index in [0.29, 0.717) is 17.1 Å². The molecule has 8 aromatic carbocycles. The molecule has 0 aromatic heterocycles. The smallest absolute Gasteiger partial charge is 0.296 e. The molecular weight excluding hydrogens is 1070 g/mol. The zero-order valence-electron chi connectivity index (χ0n) is 39.6. The van der Waals surface area contributed by atoms with Crippen LogP contribution in [0.2, 0.25) is 0 Å². The van der Waals surface area contributed by atoms with Crippen molar-refractivity contribution in [1.29, 1.82) is 0 Å². The van der Waals surface area contributed by atoms with Crippen LogP contribution < -0.4 is 24.3 Å². The summed E-state index contributed by atoms with van der Waals surface area (Å²) in [6.45, 7) is -0.269. The Hall–Kier alpha value is -8.22. The van der Waals surface area contributed by atoms with Crippen molar-refractivity contribution in [3.8, 4) is 28.7 Å². The zero-order valence-corrected chi connectivity index (χ0v) is 42.9. The molecule has 0 aliphatic rings. The monoisotopic (exact) mass is 1120 g/mol. The number of nitrogens with zero attached hydrogens (tertiary/aromatic N) is 6. The van der Waals surface area contributed by atoms with Crippen LogP contribution in [0.15, 0.2) is 167 Å². The summed E-state index contributed by atoms with van der Waals surface area (Å²) in [5.41, 5.74) is 1.08. The summed E-state index contributed by atoms with van der Waals surface area (Å²) < 4.78 is 158. The van der Waals surface area contributed by atoms with Gasteiger partial charge in [-0.1, -0.05) is 12.1 Å². The van der Waals surface area contributed by atoms with Gasteiger partial charge in [0.05, 0.1) is 60.5 Å². The minimum Gasteiger partial charge on any atom is -0.505 e. The predicted molar refractivity (Wildman–Crippen MR) is 278 cm³/mol. The number of phenols is 1. The lowest BCUT2D eigenvalue weighted by molar-refractivity contribution is 0.319. The molecule has 0 saturated carbocycles. The molecule has 76 heavy (non-hydrogen) atoms. The van der Waals surface area contributed by atoms with E-state index in [2.05, 4.69) is 36.0 Å². The SMILES string of the molecule is COc1ccc(Nc2ccc3c(O)c(N=Nc4cc(OC)c(N=Nc5ccc(N=Nc6ccc7cc(S(=O)(=O)O)cc(OCCCS(=O)(=O)O)c7c6)c6cc(S(=O)(=O)O)ccc56)cc4OC)c(S(=O)(=O)O)cc3c2)cc1. The number of rotatable bonds is 19. The number of azo groups is 3. The number of aromatic hydroxyl groups is 1. The Labute approximate surface area is 433 Å². The summed E-state index contributed by atoms with van der Waals surface area (Å²) in [6, 6.07) is 28.7. The quantitative estimate of drug-likeness (QED) is 0.0249. The maximum absolute atomic E-state index is 12.7. The van der Waals surface area contributed by atoms with Crippen molar-refractivity contribution in [2.45, 2.75) is 21.1 Å². The van der Waals surface area contributed by atoms with E-state index >= 15 is 0 Å². The number of hydrogen-bond donors (Lipinski definition) is 6. The van der Waals surface area contributed by atoms with E-state index < -0.39 is 72.3 Å². The van der Waals surface area contributed by atoms with E-state index in [9.17, 15) is 52.4 Å². The fraction of sp³-hybridized carbons (Fsp3) is 0.125. The van der Waals surface area contributed by atoms with Crippen molar-refractivity contribution >= 4 is 118 Å². The molecule has 0 atom stereocenters. The Morgan fingerprint density at radius 2 is 1.08 bits per heavy atom. The molecule has 394 valence electrons. The van der Waals surface area contributed by atoms with E-state index in [4.69, 9.17) is 23.5 Å². The molecule has 28 heteroatoms. The Bertz CT molecular complexity index is 4180. The van der Waals surface area contributed by atoms with Gasteiger partial charge in [-0.25, -0.2) is 0 Å². The number of fused-ring (bicyclic) bond motifs is 3. The van der Waals surface area contributed by atoms with Gasteiger partial charge in [-0.15, -0.1) is 25.6 Å². The first kappa shape index (κ1) is 54.1. The standard InChI is InChI=1S/C48H41N7O17S4/c1-69-32-10-7-29(8-11-32)49-30-9-13-35-28(19-30)21-46(76(66,67)68)47(48(35)56)55-54-42-26-44(70-2)41(25-45(42)71-3)53-52-39-15-16-40(38-23-33(74(60,61)62)12-14-36(38)39)51-50-31-6-5-27-20-34(75(63,64)65)24-43(37(27)22-31)72-17-4-18-73(57,58)59/h5-16,19-26,49,56H,4,17-18H2,1-3H3,(H,57,58,59)(H,60,61,62)(H,63,64,65)(H,66,67,68). The lowest BCUT2D eigenvalue weighted by Crippen LogP contribution is -2.09. The summed E-state index contributed by atoms with van der Waals surface area (Å²) in [6.07, 6.45) is -0.163. The summed E-state index contributed by atoms with van der Waals surface area (Å²) in [5, 5.41) is 41.5. The third-order valence-electron chi connectivity index (χ3n) is 11.2. The van der Waals surface area contributed by atoms with Crippen LogP contribution in [-0.2, 0) is 40.5 Å². The normalized spacial score (nSPS) is 12.6. The van der Waals surface area contributed by atoms with Crippen LogP contribution in [0, 0.1) is 0 Å². The highest BCUT2D eigenvalue weighted by Gasteiger charge is 2.24. The van der Waals surface area contributed by atoms with Gasteiger partial charge in [0.15, 0.2) is 5.75 Å². The highest BCUT2D eigenvalue weighted by atomic mass is 32.2. The Kier molecular flexibility index (Phi) is 15.3. The van der Waals surface area contributed by atoms with Gasteiger partial charge in [-0.3, -0.25) is 18.2 Å². The molecule has 0 saturated heterocycles. The van der Waals surface area contributed by atoms with Gasteiger partial charge in [-0.2, -0.15) is 38.8 Å². The van der Waals surface area contributed by atoms with Crippen molar-refractivity contribution in [1.82, 2.24) is 0 Å². The molecule has 0 amide bonds. The Morgan fingerprint density at radius 3 is 1.70 bits per heavy atom. The molecule has 0 bridgehead atoms. The molecule has 0 aliphatic heterocycles. The van der Waals surface area contributed by atoms with E-state index in [-0.39, 0.29) is 91.0 Å². The van der Waals surface area contributed by atoms with Gasteiger partial charge in [0, 0.05) is 51.1 Å². The van der Waals surface area contributed by atoms with Gasteiger partial charge >= 0.3 is 0 Å². The van der Waals surface area contributed by atoms with Crippen molar-refractivity contribution < 1.29 is 75.9 Å². The summed E-state index contributed by atoms with van der Waals surface area (Å²) in [7, 11) is -14.6. The van der Waals surface area contributed by atoms with Gasteiger partial charge in [0.1, 0.15) is 45.0 Å². The lowest BCUT2D eigenvalue weighted by Gasteiger charge is -2.12. The van der Waals surface area contributed by atoms with Crippen LogP contribution in [0.3, 0.4) is 0 Å². The molecule has 8 aromatic rings. The third-order valence-corrected chi connectivity index (χ3v) is 14.6. The molecule has 0 radical (unpaired) electrons. The first-order valence-corrected chi connectivity index (χ1v) is 27.7. The molecule has 0 fully saturated rings. The Balaban J connectivity index is 1.11. The highest BCUT2D eigenvalue weighted by Crippen LogP contribution is 2.46. The number of nitrogens with one attached hydrogen (secondary N) is 1. The van der Waals surface area contributed by atoms with E-state index in [0.717, 1.165) is 24.3 Å². The van der Waals surface area contributed by atoms with Crippen molar-refractivity contribution in [3.63, 3.8) is 0 Å². The summed E-state index contributed by atoms with van der Waals surface area (Å²) in [5.74, 6) is -0.611. The minimum atomic E-state index is -4.99. The maximum atomic E-state index is 12.7. The lowest BCUT2D eigenvalue weighted by atomic mass is 10.1. The fourth-order valence-corrected chi connectivity index (χ4v) is 9.76. The molecule has 0 unspecified atom stereocenters. The predicted octanol–water partition coefficient (Wildman–Crippen LogP) is 11.3. The molecule has 8 rings (SSSR count). The topological polar surface area (TPSA) is 361 Å². The number of hydrogen-bond acceptors (Lipinski definition) is 20. The highest BCUT2D eigenvalue weighted by molar-refractivity contribution is 7.86. The summed E-state index contributed by atoms with van der Waals surface area (Å²) >= 11 is 0. The number of ether oxygens (including phenoxy) is 4. The van der Waals surface area contributed by atoms with Crippen molar-refractivity contribution in [3.05, 3.63) is 121 Å². The number of anilines is 2. The van der Waals surface area contributed by atoms with E-state index in [1.54, 1.807) is 36.4 Å². The van der Waals surface area contributed by atoms with Crippen molar-refractivity contribution in [2.75, 3.05) is 39.0 Å². The van der Waals surface area contributed by atoms with Gasteiger partial charge in [0.2, 0.25) is 0 Å². The second-order valence-electron chi connectivity index (χ2n) is 16.2. The van der Waals surface area contributed by atoms with Crippen LogP contribution >= 0.6 is 0 Å². The molecule has 24 nitrogen and oxygen atoms in total. The van der Waals surface area contributed by atoms with Crippen LogP contribution in [0.5, 0.6) is 28.7 Å². The number of benzene rings is 8. The molecule has 0 aliphatic carbocycles. The second-order valence-corrected chi connectivity index (χ2v) is 22.0. The first-order valence-electron chi connectivity index (χ1n) is 21.8. The molecule has 0 spiro atoms. The van der Waals surface area contributed by atoms with E-state index in [1.807, 2.05) is 0 Å². The van der Waals surface area contributed by atoms with Crippen LogP contribution in [0.1, 0.15) is 6.42 Å². The molecule has 0 heterocycles. The summed E-state index contributed by atoms with van der Waals surface area (Å²) in [4.78, 5) is -1.75. The van der Waals surface area contributed by atoms with Gasteiger partial charge in [-0.05, 0) is 108 Å². The van der Waals surface area contributed by atoms with Crippen LogP contribution in [0.25, 0.3) is 32.3 Å². The first-order chi connectivity index (χ1) is 35.9. The third kappa shape index (κ3) is 12.5. The zero-order chi connectivity index (χ0) is 54.7. The average Bonchev–Trinajstić information content (AvgIpc) is 3.37. The van der Waals surface area contributed by atoms with Crippen molar-refractivity contribution in [2.24, 2.45) is 30.7 Å². The minimum absolute atomic E-state index is 0.0169. The van der Waals surface area contributed by atoms with Crippen LogP contribution in [0.4, 0.5) is 45.5 Å². The Morgan fingerprint density at radius 1 is 0.474 bits per heavy atom. The van der Waals surface area contributed by atoms with Gasteiger partial charge < -0.3 is 29.4 Å². The molecular formula is C48H41N7O17S4. The van der Waals surface area contributed by atoms with Gasteiger partial charge in [0.25, 0.3) is 40.5 Å². The van der Waals surface area contributed by atoms with Crippen LogP contribution in [-0.4, -0.2) is 90.7 Å². The number of phenolic OH excluding ortho intramolecular Hbond substituents is 1. The average molecular weight is 1120 g/mol. The van der Waals surface area contributed by atoms with E-state index in [1.165, 1.54) is 82.0 Å². The number of methoxy groups -OCH3 is 3. The molecule has 6 N–H and O–H groups in total. The fourth-order valence-electron chi connectivity index (χ4n) is 7.58. The largest absolute Gasteiger partial charge is 0.505 e. The maximum Gasteiger partial charge on any atom is 0.296 e. The second kappa shape index (κ2) is 21.6.